The number of ketones is 1. The van der Waals surface area contributed by atoms with Crippen LogP contribution in [-0.4, -0.2) is 24.3 Å². The number of ether oxygens (including phenoxy) is 1. The molecule has 0 spiro atoms. The van der Waals surface area contributed by atoms with Crippen molar-refractivity contribution in [3.8, 4) is 5.75 Å². The molecule has 0 fully saturated rings. The summed E-state index contributed by atoms with van der Waals surface area (Å²) in [6.45, 7) is 8.72. The van der Waals surface area contributed by atoms with E-state index in [9.17, 15) is 9.59 Å². The minimum Gasteiger partial charge on any atom is -0.494 e. The smallest absolute Gasteiger partial charge is 0.220 e. The molecule has 0 radical (unpaired) electrons. The van der Waals surface area contributed by atoms with E-state index >= 15 is 0 Å². The van der Waals surface area contributed by atoms with Crippen LogP contribution in [0.5, 0.6) is 5.75 Å². The number of carbonyl (C=O) groups excluding carboxylic acids is 2. The average molecular weight is 305 g/mol. The Balaban J connectivity index is 2.43. The van der Waals surface area contributed by atoms with E-state index in [-0.39, 0.29) is 30.6 Å². The van der Waals surface area contributed by atoms with Crippen LogP contribution < -0.4 is 10.1 Å². The summed E-state index contributed by atoms with van der Waals surface area (Å²) in [7, 11) is 0. The molecular weight excluding hydrogens is 278 g/mol. The van der Waals surface area contributed by atoms with Crippen LogP contribution in [0, 0.1) is 5.92 Å². The zero-order valence-electron chi connectivity index (χ0n) is 14.0. The maximum atomic E-state index is 12.1. The predicted molar refractivity (Wildman–Crippen MR) is 88.2 cm³/mol. The molecule has 0 saturated heterocycles. The molecule has 22 heavy (non-hydrogen) atoms. The summed E-state index contributed by atoms with van der Waals surface area (Å²) < 4.78 is 5.34. The molecule has 1 aromatic carbocycles. The number of benzene rings is 1. The molecule has 0 heterocycles. The van der Waals surface area contributed by atoms with Crippen LogP contribution in [0.4, 0.5) is 0 Å². The number of amides is 1. The Labute approximate surface area is 133 Å². The molecular formula is C18H27NO3. The first kappa shape index (κ1) is 18.2. The Morgan fingerprint density at radius 3 is 2.27 bits per heavy atom. The Hall–Kier alpha value is -1.84. The summed E-state index contributed by atoms with van der Waals surface area (Å²) >= 11 is 0. The van der Waals surface area contributed by atoms with Gasteiger partial charge in [0.05, 0.1) is 6.61 Å². The summed E-state index contributed by atoms with van der Waals surface area (Å²) in [6.07, 6.45) is 1.48. The molecule has 0 bridgehead atoms. The van der Waals surface area contributed by atoms with Gasteiger partial charge in [0.25, 0.3) is 0 Å². The van der Waals surface area contributed by atoms with E-state index in [1.165, 1.54) is 0 Å². The molecule has 1 N–H and O–H groups in total. The fourth-order valence-electron chi connectivity index (χ4n) is 2.10. The van der Waals surface area contributed by atoms with Crippen LogP contribution in [0.1, 0.15) is 57.3 Å². The van der Waals surface area contributed by atoms with Gasteiger partial charge in [0.15, 0.2) is 5.78 Å². The average Bonchev–Trinajstić information content (AvgIpc) is 2.52. The van der Waals surface area contributed by atoms with Gasteiger partial charge < -0.3 is 10.1 Å². The van der Waals surface area contributed by atoms with Crippen molar-refractivity contribution >= 4 is 11.7 Å². The molecule has 2 atom stereocenters. The third-order valence-corrected chi connectivity index (χ3v) is 3.95. The first-order valence-electron chi connectivity index (χ1n) is 8.03. The Bertz CT molecular complexity index is 482. The molecule has 0 unspecified atom stereocenters. The monoisotopic (exact) mass is 305 g/mol. The lowest BCUT2D eigenvalue weighted by Gasteiger charge is -2.19. The zero-order chi connectivity index (χ0) is 16.5. The van der Waals surface area contributed by atoms with Crippen LogP contribution in [0.2, 0.25) is 0 Å². The fraction of sp³-hybridized carbons (Fsp3) is 0.556. The molecule has 122 valence electrons. The van der Waals surface area contributed by atoms with E-state index in [0.717, 1.165) is 12.2 Å². The maximum absolute atomic E-state index is 12.1. The van der Waals surface area contributed by atoms with Gasteiger partial charge in [0.2, 0.25) is 5.91 Å². The van der Waals surface area contributed by atoms with Crippen LogP contribution in [0.15, 0.2) is 24.3 Å². The first-order valence-corrected chi connectivity index (χ1v) is 8.03. The molecule has 0 aliphatic heterocycles. The van der Waals surface area contributed by atoms with Crippen molar-refractivity contribution in [2.45, 2.75) is 53.0 Å². The second-order valence-electron chi connectivity index (χ2n) is 5.62. The van der Waals surface area contributed by atoms with Gasteiger partial charge in [-0.1, -0.05) is 20.3 Å². The largest absolute Gasteiger partial charge is 0.494 e. The molecule has 4 nitrogen and oxygen atoms in total. The molecule has 1 amide bonds. The third kappa shape index (κ3) is 5.88. The van der Waals surface area contributed by atoms with Gasteiger partial charge in [-0.3, -0.25) is 9.59 Å². The molecule has 0 saturated carbocycles. The highest BCUT2D eigenvalue weighted by molar-refractivity contribution is 5.98. The number of Topliss-reactive ketones (excluding diaryl/α,β-unsaturated/α-hetero) is 1. The molecule has 0 aliphatic rings. The molecule has 0 aliphatic carbocycles. The summed E-state index contributed by atoms with van der Waals surface area (Å²) in [4.78, 5) is 23.9. The predicted octanol–water partition coefficient (Wildman–Crippen LogP) is 3.60. The lowest BCUT2D eigenvalue weighted by atomic mass is 10.0. The van der Waals surface area contributed by atoms with Gasteiger partial charge in [-0.2, -0.15) is 0 Å². The van der Waals surface area contributed by atoms with Crippen LogP contribution in [-0.2, 0) is 4.79 Å². The number of carbonyl (C=O) groups is 2. The molecule has 1 rings (SSSR count). The number of nitrogens with one attached hydrogen (secondary N) is 1. The number of hydrogen-bond donors (Lipinski definition) is 1. The van der Waals surface area contributed by atoms with Crippen LogP contribution in [0.3, 0.4) is 0 Å². The van der Waals surface area contributed by atoms with Crippen LogP contribution in [0.25, 0.3) is 0 Å². The third-order valence-electron chi connectivity index (χ3n) is 3.95. The highest BCUT2D eigenvalue weighted by Crippen LogP contribution is 2.14. The fourth-order valence-corrected chi connectivity index (χ4v) is 2.10. The normalized spacial score (nSPS) is 13.3. The minimum atomic E-state index is -0.0629. The van der Waals surface area contributed by atoms with Crippen molar-refractivity contribution in [2.75, 3.05) is 6.61 Å². The molecule has 4 heteroatoms. The second kappa shape index (κ2) is 9.23. The highest BCUT2D eigenvalue weighted by atomic mass is 16.5. The first-order chi connectivity index (χ1) is 10.5. The van der Waals surface area contributed by atoms with Crippen molar-refractivity contribution in [2.24, 2.45) is 5.92 Å². The van der Waals surface area contributed by atoms with E-state index in [2.05, 4.69) is 19.2 Å². The van der Waals surface area contributed by atoms with E-state index in [0.29, 0.717) is 18.1 Å². The molecule has 0 aromatic heterocycles. The topological polar surface area (TPSA) is 55.4 Å². The van der Waals surface area contributed by atoms with E-state index in [4.69, 9.17) is 4.74 Å². The Morgan fingerprint density at radius 2 is 1.73 bits per heavy atom. The summed E-state index contributed by atoms with van der Waals surface area (Å²) in [5.74, 6) is 1.10. The zero-order valence-corrected chi connectivity index (χ0v) is 14.0. The van der Waals surface area contributed by atoms with Crippen molar-refractivity contribution in [1.29, 1.82) is 0 Å². The van der Waals surface area contributed by atoms with E-state index in [1.54, 1.807) is 24.3 Å². The van der Waals surface area contributed by atoms with Crippen molar-refractivity contribution in [3.05, 3.63) is 29.8 Å². The van der Waals surface area contributed by atoms with Crippen molar-refractivity contribution < 1.29 is 14.3 Å². The van der Waals surface area contributed by atoms with Gasteiger partial charge in [-0.25, -0.2) is 0 Å². The van der Waals surface area contributed by atoms with Gasteiger partial charge in [-0.05, 0) is 44.0 Å². The highest BCUT2D eigenvalue weighted by Gasteiger charge is 2.14. The van der Waals surface area contributed by atoms with E-state index in [1.807, 2.05) is 13.8 Å². The maximum Gasteiger partial charge on any atom is 0.220 e. The summed E-state index contributed by atoms with van der Waals surface area (Å²) in [6, 6.07) is 7.18. The Kier molecular flexibility index (Phi) is 7.64. The lowest BCUT2D eigenvalue weighted by Crippen LogP contribution is -2.36. The van der Waals surface area contributed by atoms with E-state index < -0.39 is 0 Å². The minimum absolute atomic E-state index is 0.0191. The van der Waals surface area contributed by atoms with Gasteiger partial charge in [-0.15, -0.1) is 0 Å². The van der Waals surface area contributed by atoms with Gasteiger partial charge in [0.1, 0.15) is 5.75 Å². The summed E-state index contributed by atoms with van der Waals surface area (Å²) in [5.41, 5.74) is 0.617. The summed E-state index contributed by atoms with van der Waals surface area (Å²) in [5, 5.41) is 2.95. The van der Waals surface area contributed by atoms with Gasteiger partial charge >= 0.3 is 0 Å². The second-order valence-corrected chi connectivity index (χ2v) is 5.62. The van der Waals surface area contributed by atoms with Crippen molar-refractivity contribution in [1.82, 2.24) is 5.32 Å². The molecule has 1 aromatic rings. The number of hydrogen-bond acceptors (Lipinski definition) is 3. The Morgan fingerprint density at radius 1 is 1.09 bits per heavy atom. The SMILES string of the molecule is CCOc1ccc(C(=O)CCC(=O)N[C@H](C)[C@@H](C)CC)cc1. The quantitative estimate of drug-likeness (QED) is 0.709. The van der Waals surface area contributed by atoms with Crippen LogP contribution >= 0.6 is 0 Å². The lowest BCUT2D eigenvalue weighted by molar-refractivity contribution is -0.122. The standard InChI is InChI=1S/C18H27NO3/c1-5-13(3)14(4)19-18(21)12-11-17(20)15-7-9-16(10-8-15)22-6-2/h7-10,13-14H,5-6,11-12H2,1-4H3,(H,19,21)/t13-,14+/m0/s1. The number of rotatable bonds is 9. The van der Waals surface area contributed by atoms with Gasteiger partial charge in [0, 0.05) is 24.4 Å². The van der Waals surface area contributed by atoms with Crippen molar-refractivity contribution in [3.63, 3.8) is 0 Å².